The molecule has 2 aliphatic rings. The standard InChI is InChI=1S/C14H21N3O3/c1-3-19-11-6-10(7-11)15-14(18)16-12-8(2)17-20-13(12)9-4-5-9/h9-11H,3-7H2,1-2H3,(H2,15,16,18). The Morgan fingerprint density at radius 3 is 2.85 bits per heavy atom. The van der Waals surface area contributed by atoms with Gasteiger partial charge in [0.1, 0.15) is 11.4 Å². The number of ether oxygens (including phenoxy) is 1. The molecule has 0 radical (unpaired) electrons. The van der Waals surface area contributed by atoms with E-state index in [2.05, 4.69) is 15.8 Å². The maximum atomic E-state index is 12.0. The number of hydrogen-bond acceptors (Lipinski definition) is 4. The Kier molecular flexibility index (Phi) is 3.65. The molecule has 20 heavy (non-hydrogen) atoms. The number of nitrogens with zero attached hydrogens (tertiary/aromatic N) is 1. The molecule has 2 fully saturated rings. The molecule has 0 bridgehead atoms. The minimum Gasteiger partial charge on any atom is -0.378 e. The molecule has 2 aliphatic carbocycles. The SMILES string of the molecule is CCOC1CC(NC(=O)Nc2c(C)noc2C2CC2)C1. The molecule has 2 amide bonds. The number of rotatable bonds is 5. The van der Waals surface area contributed by atoms with Gasteiger partial charge in [-0.2, -0.15) is 0 Å². The third-order valence-corrected chi connectivity index (χ3v) is 3.91. The van der Waals surface area contributed by atoms with Crippen molar-refractivity contribution in [3.05, 3.63) is 11.5 Å². The van der Waals surface area contributed by atoms with Crippen LogP contribution < -0.4 is 10.6 Å². The topological polar surface area (TPSA) is 76.4 Å². The molecular formula is C14H21N3O3. The summed E-state index contributed by atoms with van der Waals surface area (Å²) < 4.78 is 10.8. The Hall–Kier alpha value is -1.56. The monoisotopic (exact) mass is 279 g/mol. The summed E-state index contributed by atoms with van der Waals surface area (Å²) >= 11 is 0. The molecule has 1 aromatic heterocycles. The lowest BCUT2D eigenvalue weighted by molar-refractivity contribution is -0.00673. The highest BCUT2D eigenvalue weighted by atomic mass is 16.5. The fourth-order valence-electron chi connectivity index (χ4n) is 2.55. The average molecular weight is 279 g/mol. The molecule has 0 atom stereocenters. The number of amides is 2. The van der Waals surface area contributed by atoms with E-state index in [9.17, 15) is 4.79 Å². The van der Waals surface area contributed by atoms with Crippen LogP contribution in [-0.2, 0) is 4.74 Å². The van der Waals surface area contributed by atoms with E-state index in [1.165, 1.54) is 0 Å². The summed E-state index contributed by atoms with van der Waals surface area (Å²) in [7, 11) is 0. The molecule has 3 rings (SSSR count). The van der Waals surface area contributed by atoms with Crippen LogP contribution in [0.4, 0.5) is 10.5 Å². The van der Waals surface area contributed by atoms with Crippen LogP contribution in [0.15, 0.2) is 4.52 Å². The van der Waals surface area contributed by atoms with E-state index in [4.69, 9.17) is 9.26 Å². The average Bonchev–Trinajstić information content (AvgIpc) is 3.14. The van der Waals surface area contributed by atoms with Gasteiger partial charge in [0.2, 0.25) is 0 Å². The number of hydrogen-bond donors (Lipinski definition) is 2. The molecular weight excluding hydrogens is 258 g/mol. The number of aryl methyl sites for hydroxylation is 1. The van der Waals surface area contributed by atoms with Crippen LogP contribution in [0.1, 0.15) is 50.0 Å². The Bertz CT molecular complexity index is 490. The van der Waals surface area contributed by atoms with Gasteiger partial charge in [-0.15, -0.1) is 0 Å². The normalized spacial score (nSPS) is 25.1. The smallest absolute Gasteiger partial charge is 0.319 e. The maximum Gasteiger partial charge on any atom is 0.319 e. The molecule has 0 aromatic carbocycles. The zero-order valence-electron chi connectivity index (χ0n) is 11.9. The summed E-state index contributed by atoms with van der Waals surface area (Å²) in [5.41, 5.74) is 1.48. The lowest BCUT2D eigenvalue weighted by Crippen LogP contribution is -2.49. The maximum absolute atomic E-state index is 12.0. The zero-order chi connectivity index (χ0) is 14.1. The van der Waals surface area contributed by atoms with E-state index in [0.717, 1.165) is 49.4 Å². The van der Waals surface area contributed by atoms with Crippen molar-refractivity contribution in [3.8, 4) is 0 Å². The molecule has 2 saturated carbocycles. The first-order valence-corrected chi connectivity index (χ1v) is 7.32. The molecule has 1 heterocycles. The predicted octanol–water partition coefficient (Wildman–Crippen LogP) is 2.55. The largest absolute Gasteiger partial charge is 0.378 e. The van der Waals surface area contributed by atoms with Crippen LogP contribution in [0.25, 0.3) is 0 Å². The first-order chi connectivity index (χ1) is 9.67. The van der Waals surface area contributed by atoms with Crippen molar-refractivity contribution >= 4 is 11.7 Å². The van der Waals surface area contributed by atoms with E-state index in [1.807, 2.05) is 13.8 Å². The number of anilines is 1. The highest BCUT2D eigenvalue weighted by molar-refractivity contribution is 5.90. The second-order valence-electron chi connectivity index (χ2n) is 5.63. The molecule has 0 unspecified atom stereocenters. The van der Waals surface area contributed by atoms with Gasteiger partial charge >= 0.3 is 6.03 Å². The van der Waals surface area contributed by atoms with E-state index < -0.39 is 0 Å². The van der Waals surface area contributed by atoms with Crippen molar-refractivity contribution < 1.29 is 14.1 Å². The fraction of sp³-hybridized carbons (Fsp3) is 0.714. The third kappa shape index (κ3) is 2.80. The van der Waals surface area contributed by atoms with Crippen molar-refractivity contribution in [3.63, 3.8) is 0 Å². The highest BCUT2D eigenvalue weighted by Crippen LogP contribution is 2.44. The van der Waals surface area contributed by atoms with Crippen molar-refractivity contribution in [2.75, 3.05) is 11.9 Å². The minimum atomic E-state index is -0.182. The van der Waals surface area contributed by atoms with Gasteiger partial charge in [0.25, 0.3) is 0 Å². The molecule has 0 spiro atoms. The summed E-state index contributed by atoms with van der Waals surface area (Å²) in [6.45, 7) is 4.56. The Balaban J connectivity index is 1.51. The van der Waals surface area contributed by atoms with Gasteiger partial charge in [0, 0.05) is 18.6 Å². The number of carbonyl (C=O) groups excluding carboxylic acids is 1. The Labute approximate surface area is 118 Å². The van der Waals surface area contributed by atoms with Gasteiger partial charge in [-0.05, 0) is 39.5 Å². The second kappa shape index (κ2) is 5.44. The van der Waals surface area contributed by atoms with Crippen LogP contribution in [0.3, 0.4) is 0 Å². The summed E-state index contributed by atoms with van der Waals surface area (Å²) in [5, 5.41) is 9.78. The molecule has 6 nitrogen and oxygen atoms in total. The second-order valence-corrected chi connectivity index (χ2v) is 5.63. The van der Waals surface area contributed by atoms with Crippen LogP contribution in [0.2, 0.25) is 0 Å². The van der Waals surface area contributed by atoms with Gasteiger partial charge in [-0.25, -0.2) is 4.79 Å². The van der Waals surface area contributed by atoms with Crippen molar-refractivity contribution in [1.82, 2.24) is 10.5 Å². The van der Waals surface area contributed by atoms with Crippen molar-refractivity contribution in [1.29, 1.82) is 0 Å². The quantitative estimate of drug-likeness (QED) is 0.868. The van der Waals surface area contributed by atoms with Crippen LogP contribution in [0, 0.1) is 6.92 Å². The summed E-state index contributed by atoms with van der Waals surface area (Å²) in [6.07, 6.45) is 4.30. The first-order valence-electron chi connectivity index (χ1n) is 7.32. The van der Waals surface area contributed by atoms with Crippen LogP contribution in [-0.4, -0.2) is 29.9 Å². The highest BCUT2D eigenvalue weighted by Gasteiger charge is 2.34. The molecule has 110 valence electrons. The molecule has 6 heteroatoms. The van der Waals surface area contributed by atoms with Crippen molar-refractivity contribution in [2.45, 2.75) is 57.6 Å². The van der Waals surface area contributed by atoms with E-state index >= 15 is 0 Å². The van der Waals surface area contributed by atoms with E-state index in [1.54, 1.807) is 0 Å². The van der Waals surface area contributed by atoms with Crippen LogP contribution in [0.5, 0.6) is 0 Å². The molecule has 0 saturated heterocycles. The van der Waals surface area contributed by atoms with Gasteiger partial charge in [0.15, 0.2) is 5.76 Å². The van der Waals surface area contributed by atoms with Gasteiger partial charge in [-0.3, -0.25) is 0 Å². The van der Waals surface area contributed by atoms with Gasteiger partial charge in [-0.1, -0.05) is 5.16 Å². The fourth-order valence-corrected chi connectivity index (χ4v) is 2.55. The molecule has 0 aliphatic heterocycles. The number of aromatic nitrogens is 1. The zero-order valence-corrected chi connectivity index (χ0v) is 11.9. The summed E-state index contributed by atoms with van der Waals surface area (Å²) in [5.74, 6) is 1.25. The first kappa shape index (κ1) is 13.4. The van der Waals surface area contributed by atoms with Crippen LogP contribution >= 0.6 is 0 Å². The van der Waals surface area contributed by atoms with Gasteiger partial charge < -0.3 is 19.9 Å². The molecule has 2 N–H and O–H groups in total. The van der Waals surface area contributed by atoms with Gasteiger partial charge in [0.05, 0.1) is 6.10 Å². The summed E-state index contributed by atoms with van der Waals surface area (Å²) in [6, 6.07) is 0.0224. The number of nitrogens with one attached hydrogen (secondary N) is 2. The predicted molar refractivity (Wildman–Crippen MR) is 73.8 cm³/mol. The Morgan fingerprint density at radius 2 is 2.20 bits per heavy atom. The van der Waals surface area contributed by atoms with E-state index in [-0.39, 0.29) is 12.1 Å². The molecule has 1 aromatic rings. The van der Waals surface area contributed by atoms with E-state index in [0.29, 0.717) is 12.0 Å². The number of urea groups is 1. The minimum absolute atomic E-state index is 0.182. The lowest BCUT2D eigenvalue weighted by atomic mass is 9.89. The van der Waals surface area contributed by atoms with Crippen molar-refractivity contribution in [2.24, 2.45) is 0 Å². The summed E-state index contributed by atoms with van der Waals surface area (Å²) in [4.78, 5) is 12.0. The number of carbonyl (C=O) groups is 1. The Morgan fingerprint density at radius 1 is 1.45 bits per heavy atom. The third-order valence-electron chi connectivity index (χ3n) is 3.91. The lowest BCUT2D eigenvalue weighted by Gasteiger charge is -2.35.